The van der Waals surface area contributed by atoms with Crippen molar-refractivity contribution in [2.24, 2.45) is 5.73 Å². The number of fused-ring (bicyclic) bond motifs is 1. The highest BCUT2D eigenvalue weighted by Crippen LogP contribution is 2.41. The summed E-state index contributed by atoms with van der Waals surface area (Å²) < 4.78 is 11.4. The van der Waals surface area contributed by atoms with Crippen LogP contribution in [-0.2, 0) is 0 Å². The van der Waals surface area contributed by atoms with Crippen molar-refractivity contribution in [3.8, 4) is 11.5 Å². The lowest BCUT2D eigenvalue weighted by molar-refractivity contribution is 0.161. The first kappa shape index (κ1) is 13.0. The summed E-state index contributed by atoms with van der Waals surface area (Å²) >= 11 is 0. The van der Waals surface area contributed by atoms with E-state index in [1.807, 2.05) is 18.2 Å². The van der Waals surface area contributed by atoms with Crippen LogP contribution in [0.2, 0.25) is 0 Å². The number of hydrogen-bond acceptors (Lipinski definition) is 3. The van der Waals surface area contributed by atoms with Crippen LogP contribution in [0.4, 0.5) is 0 Å². The van der Waals surface area contributed by atoms with Crippen LogP contribution in [-0.4, -0.2) is 7.11 Å². The van der Waals surface area contributed by atoms with Crippen LogP contribution < -0.4 is 15.2 Å². The lowest BCUT2D eigenvalue weighted by atomic mass is 9.93. The maximum Gasteiger partial charge on any atom is 0.126 e. The van der Waals surface area contributed by atoms with E-state index >= 15 is 0 Å². The summed E-state index contributed by atoms with van der Waals surface area (Å²) in [6.45, 7) is 2.09. The maximum atomic E-state index is 6.30. The summed E-state index contributed by atoms with van der Waals surface area (Å²) in [7, 11) is 1.66. The van der Waals surface area contributed by atoms with Gasteiger partial charge in [0.1, 0.15) is 17.6 Å². The van der Waals surface area contributed by atoms with Gasteiger partial charge in [-0.2, -0.15) is 0 Å². The molecule has 2 aromatic carbocycles. The summed E-state index contributed by atoms with van der Waals surface area (Å²) in [6, 6.07) is 14.2. The van der Waals surface area contributed by atoms with Crippen molar-refractivity contribution in [3.05, 3.63) is 59.2 Å². The summed E-state index contributed by atoms with van der Waals surface area (Å²) in [6.07, 6.45) is 0.801. The van der Waals surface area contributed by atoms with E-state index in [9.17, 15) is 0 Å². The third-order valence-corrected chi connectivity index (χ3v) is 3.77. The van der Waals surface area contributed by atoms with Crippen LogP contribution in [0.15, 0.2) is 42.5 Å². The third-order valence-electron chi connectivity index (χ3n) is 3.77. The Morgan fingerprint density at radius 1 is 1.20 bits per heavy atom. The Bertz CT molecular complexity index is 624. The lowest BCUT2D eigenvalue weighted by Gasteiger charge is -2.31. The predicted octanol–water partition coefficient (Wildman–Crippen LogP) is 3.53. The van der Waals surface area contributed by atoms with E-state index in [-0.39, 0.29) is 12.1 Å². The predicted molar refractivity (Wildman–Crippen MR) is 79.1 cm³/mol. The van der Waals surface area contributed by atoms with E-state index in [0.29, 0.717) is 0 Å². The fraction of sp³-hybridized carbons (Fsp3) is 0.294. The molecule has 20 heavy (non-hydrogen) atoms. The van der Waals surface area contributed by atoms with Crippen LogP contribution in [0.25, 0.3) is 0 Å². The second-order valence-electron chi connectivity index (χ2n) is 5.27. The molecule has 0 bridgehead atoms. The fourth-order valence-electron chi connectivity index (χ4n) is 2.68. The first-order valence-electron chi connectivity index (χ1n) is 6.84. The van der Waals surface area contributed by atoms with Gasteiger partial charge in [-0.05, 0) is 30.7 Å². The highest BCUT2D eigenvalue weighted by Gasteiger charge is 2.27. The molecule has 0 saturated heterocycles. The molecule has 2 N–H and O–H groups in total. The van der Waals surface area contributed by atoms with Gasteiger partial charge >= 0.3 is 0 Å². The van der Waals surface area contributed by atoms with Gasteiger partial charge in [-0.1, -0.05) is 29.8 Å². The van der Waals surface area contributed by atoms with Crippen molar-refractivity contribution in [2.75, 3.05) is 7.11 Å². The van der Waals surface area contributed by atoms with Gasteiger partial charge in [0.25, 0.3) is 0 Å². The van der Waals surface area contributed by atoms with Crippen molar-refractivity contribution < 1.29 is 9.47 Å². The van der Waals surface area contributed by atoms with Gasteiger partial charge in [0.15, 0.2) is 0 Å². The second kappa shape index (κ2) is 5.17. The Morgan fingerprint density at radius 3 is 2.80 bits per heavy atom. The molecule has 1 aliphatic rings. The highest BCUT2D eigenvalue weighted by atomic mass is 16.5. The Morgan fingerprint density at radius 2 is 2.05 bits per heavy atom. The molecule has 2 atom stereocenters. The Hall–Kier alpha value is -2.00. The van der Waals surface area contributed by atoms with Crippen molar-refractivity contribution >= 4 is 0 Å². The molecule has 1 unspecified atom stereocenters. The average Bonchev–Trinajstić information content (AvgIpc) is 2.47. The van der Waals surface area contributed by atoms with Gasteiger partial charge in [-0.15, -0.1) is 0 Å². The number of ether oxygens (including phenoxy) is 2. The first-order valence-corrected chi connectivity index (χ1v) is 6.84. The summed E-state index contributed by atoms with van der Waals surface area (Å²) in [4.78, 5) is 0. The number of hydrogen-bond donors (Lipinski definition) is 1. The summed E-state index contributed by atoms with van der Waals surface area (Å²) in [5.41, 5.74) is 9.74. The van der Waals surface area contributed by atoms with Gasteiger partial charge in [-0.25, -0.2) is 0 Å². The quantitative estimate of drug-likeness (QED) is 0.907. The minimum Gasteiger partial charge on any atom is -0.497 e. The van der Waals surface area contributed by atoms with Crippen LogP contribution in [0.1, 0.15) is 35.3 Å². The van der Waals surface area contributed by atoms with Gasteiger partial charge in [0.2, 0.25) is 0 Å². The zero-order valence-corrected chi connectivity index (χ0v) is 11.8. The molecule has 1 aliphatic heterocycles. The molecule has 0 aliphatic carbocycles. The lowest BCUT2D eigenvalue weighted by Crippen LogP contribution is -2.24. The zero-order chi connectivity index (χ0) is 14.1. The van der Waals surface area contributed by atoms with Gasteiger partial charge in [0.05, 0.1) is 7.11 Å². The smallest absolute Gasteiger partial charge is 0.126 e. The molecule has 0 aromatic heterocycles. The fourth-order valence-corrected chi connectivity index (χ4v) is 2.68. The Balaban J connectivity index is 1.93. The number of methoxy groups -OCH3 is 1. The number of aryl methyl sites for hydroxylation is 1. The third kappa shape index (κ3) is 2.37. The van der Waals surface area contributed by atoms with Crippen LogP contribution in [0, 0.1) is 6.92 Å². The molecule has 104 valence electrons. The van der Waals surface area contributed by atoms with Crippen LogP contribution in [0.3, 0.4) is 0 Å². The summed E-state index contributed by atoms with van der Waals surface area (Å²) in [5, 5.41) is 0. The average molecular weight is 269 g/mol. The van der Waals surface area contributed by atoms with E-state index in [1.165, 1.54) is 11.1 Å². The molecule has 0 spiro atoms. The minimum absolute atomic E-state index is 0.0193. The van der Waals surface area contributed by atoms with Crippen molar-refractivity contribution in [2.45, 2.75) is 25.5 Å². The van der Waals surface area contributed by atoms with E-state index < -0.39 is 0 Å². The molecule has 2 aromatic rings. The molecule has 0 amide bonds. The molecule has 0 radical (unpaired) electrons. The number of benzene rings is 2. The molecule has 3 nitrogen and oxygen atoms in total. The monoisotopic (exact) mass is 269 g/mol. The normalized spacial score (nSPS) is 20.9. The summed E-state index contributed by atoms with van der Waals surface area (Å²) in [5.74, 6) is 1.67. The minimum atomic E-state index is -0.0284. The Labute approximate surface area is 119 Å². The highest BCUT2D eigenvalue weighted by molar-refractivity contribution is 5.44. The topological polar surface area (TPSA) is 44.5 Å². The first-order chi connectivity index (χ1) is 9.67. The number of rotatable bonds is 2. The number of nitrogens with two attached hydrogens (primary N) is 1. The van der Waals surface area contributed by atoms with Gasteiger partial charge in [-0.3, -0.25) is 0 Å². The van der Waals surface area contributed by atoms with Gasteiger partial charge < -0.3 is 15.2 Å². The van der Waals surface area contributed by atoms with Crippen molar-refractivity contribution in [1.82, 2.24) is 0 Å². The largest absolute Gasteiger partial charge is 0.497 e. The SMILES string of the molecule is COc1ccc2c(c1)[C@H](N)CC(c1cccc(C)c1)O2. The zero-order valence-electron chi connectivity index (χ0n) is 11.8. The van der Waals surface area contributed by atoms with E-state index in [2.05, 4.69) is 31.2 Å². The van der Waals surface area contributed by atoms with Crippen molar-refractivity contribution in [3.63, 3.8) is 0 Å². The Kier molecular flexibility index (Phi) is 3.36. The molecule has 1 heterocycles. The van der Waals surface area contributed by atoms with Crippen LogP contribution in [0.5, 0.6) is 11.5 Å². The molecule has 0 saturated carbocycles. The molecular weight excluding hydrogens is 250 g/mol. The second-order valence-corrected chi connectivity index (χ2v) is 5.27. The standard InChI is InChI=1S/C17H19NO2/c1-11-4-3-5-12(8-11)17-10-15(18)14-9-13(19-2)6-7-16(14)20-17/h3-9,15,17H,10,18H2,1-2H3/t15-,17?/m1/s1. The van der Waals surface area contributed by atoms with Gasteiger partial charge in [0, 0.05) is 18.0 Å². The van der Waals surface area contributed by atoms with E-state index in [4.69, 9.17) is 15.2 Å². The van der Waals surface area contributed by atoms with Crippen molar-refractivity contribution in [1.29, 1.82) is 0 Å². The molecular formula is C17H19NO2. The molecule has 3 heteroatoms. The molecule has 0 fully saturated rings. The maximum absolute atomic E-state index is 6.30. The molecule has 3 rings (SSSR count). The van der Waals surface area contributed by atoms with E-state index in [0.717, 1.165) is 23.5 Å². The van der Waals surface area contributed by atoms with Crippen LogP contribution >= 0.6 is 0 Å². The van der Waals surface area contributed by atoms with E-state index in [1.54, 1.807) is 7.11 Å².